The normalized spacial score (nSPS) is 18.9. The lowest BCUT2D eigenvalue weighted by molar-refractivity contribution is -0.138. The van der Waals surface area contributed by atoms with Gasteiger partial charge in [0.15, 0.2) is 17.3 Å². The van der Waals surface area contributed by atoms with E-state index in [0.29, 0.717) is 45.3 Å². The Morgan fingerprint density at radius 1 is 1.30 bits per heavy atom. The number of Topliss-reactive ketones (excluding diaryl/α,β-unsaturated/α-hetero) is 1. The van der Waals surface area contributed by atoms with Crippen molar-refractivity contribution in [3.8, 4) is 11.5 Å². The molecular formula is C23H28ClNO5. The van der Waals surface area contributed by atoms with Gasteiger partial charge in [-0.1, -0.05) is 11.6 Å². The molecule has 7 heteroatoms. The molecule has 0 aromatic heterocycles. The molecule has 0 spiro atoms. The zero-order valence-electron chi connectivity index (χ0n) is 18.1. The van der Waals surface area contributed by atoms with Gasteiger partial charge in [-0.15, -0.1) is 0 Å². The topological polar surface area (TPSA) is 73.9 Å². The summed E-state index contributed by atoms with van der Waals surface area (Å²) in [5, 5.41) is 3.63. The van der Waals surface area contributed by atoms with E-state index < -0.39 is 11.9 Å². The second kappa shape index (κ2) is 9.13. The molecule has 0 fully saturated rings. The largest absolute Gasteiger partial charge is 0.493 e. The zero-order valence-corrected chi connectivity index (χ0v) is 18.8. The van der Waals surface area contributed by atoms with Crippen molar-refractivity contribution in [1.82, 2.24) is 5.32 Å². The fourth-order valence-electron chi connectivity index (χ4n) is 4.05. The molecule has 1 heterocycles. The molecule has 0 saturated carbocycles. The average Bonchev–Trinajstić information content (AvgIpc) is 2.68. The Labute approximate surface area is 182 Å². The van der Waals surface area contributed by atoms with Crippen molar-refractivity contribution >= 4 is 23.4 Å². The maximum Gasteiger partial charge on any atom is 0.336 e. The Bertz CT molecular complexity index is 932. The summed E-state index contributed by atoms with van der Waals surface area (Å²) in [5.41, 5.74) is 3.26. The summed E-state index contributed by atoms with van der Waals surface area (Å²) in [7, 11) is 1.54. The van der Waals surface area contributed by atoms with Crippen LogP contribution in [0, 0.1) is 0 Å². The predicted octanol–water partition coefficient (Wildman–Crippen LogP) is 4.67. The van der Waals surface area contributed by atoms with E-state index in [1.165, 1.54) is 7.11 Å². The minimum absolute atomic E-state index is 0.0284. The number of dihydropyridines is 1. The number of rotatable bonds is 6. The lowest BCUT2D eigenvalue weighted by atomic mass is 9.75. The lowest BCUT2D eigenvalue weighted by Gasteiger charge is -2.34. The first-order chi connectivity index (χ1) is 14.3. The number of hydrogen-bond donors (Lipinski definition) is 1. The van der Waals surface area contributed by atoms with Crippen LogP contribution in [0.3, 0.4) is 0 Å². The summed E-state index contributed by atoms with van der Waals surface area (Å²) >= 11 is 6.56. The Hall–Kier alpha value is -2.47. The van der Waals surface area contributed by atoms with Crippen LogP contribution in [0.1, 0.15) is 58.4 Å². The molecule has 0 saturated heterocycles. The number of ketones is 1. The van der Waals surface area contributed by atoms with Crippen molar-refractivity contribution in [2.75, 3.05) is 13.7 Å². The van der Waals surface area contributed by atoms with Crippen molar-refractivity contribution in [3.05, 3.63) is 45.3 Å². The summed E-state index contributed by atoms with van der Waals surface area (Å²) in [5.74, 6) is -0.103. The molecule has 6 nitrogen and oxygen atoms in total. The van der Waals surface area contributed by atoms with Gasteiger partial charge in [-0.25, -0.2) is 4.79 Å². The first kappa shape index (κ1) is 22.2. The van der Waals surface area contributed by atoms with Crippen LogP contribution in [-0.2, 0) is 14.3 Å². The zero-order chi connectivity index (χ0) is 22.0. The van der Waals surface area contributed by atoms with Crippen LogP contribution >= 0.6 is 11.6 Å². The van der Waals surface area contributed by atoms with E-state index in [2.05, 4.69) is 5.32 Å². The molecular weight excluding hydrogens is 406 g/mol. The summed E-state index contributed by atoms with van der Waals surface area (Å²) in [6.45, 7) is 7.64. The molecule has 0 amide bonds. The summed E-state index contributed by atoms with van der Waals surface area (Å²) < 4.78 is 16.7. The third-order valence-corrected chi connectivity index (χ3v) is 5.49. The molecule has 0 bridgehead atoms. The number of hydrogen-bond acceptors (Lipinski definition) is 6. The fourth-order valence-corrected chi connectivity index (χ4v) is 4.32. The van der Waals surface area contributed by atoms with Gasteiger partial charge in [0.05, 0.1) is 30.4 Å². The van der Waals surface area contributed by atoms with Gasteiger partial charge >= 0.3 is 5.97 Å². The van der Waals surface area contributed by atoms with E-state index in [1.807, 2.05) is 20.8 Å². The third kappa shape index (κ3) is 4.19. The predicted molar refractivity (Wildman–Crippen MR) is 115 cm³/mol. The van der Waals surface area contributed by atoms with Crippen LogP contribution in [0.4, 0.5) is 0 Å². The first-order valence-electron chi connectivity index (χ1n) is 10.2. The third-order valence-electron chi connectivity index (χ3n) is 5.21. The van der Waals surface area contributed by atoms with Crippen molar-refractivity contribution in [3.63, 3.8) is 0 Å². The van der Waals surface area contributed by atoms with E-state index >= 15 is 0 Å². The Balaban J connectivity index is 2.20. The van der Waals surface area contributed by atoms with Crippen LogP contribution in [0.15, 0.2) is 34.7 Å². The Morgan fingerprint density at radius 3 is 2.67 bits per heavy atom. The fraction of sp³-hybridized carbons (Fsp3) is 0.478. The van der Waals surface area contributed by atoms with Gasteiger partial charge in [0.1, 0.15) is 0 Å². The standard InChI is InChI=1S/C23H28ClNO5/c1-6-29-23(27)19-13(4)25-16-8-7-9-17(26)21(16)20(19)14-10-15(24)22(30-12(2)3)18(11-14)28-5/h10-12,20,25H,6-9H2,1-5H3/t20-/m0/s1. The van der Waals surface area contributed by atoms with E-state index in [9.17, 15) is 9.59 Å². The van der Waals surface area contributed by atoms with Crippen molar-refractivity contribution in [2.45, 2.75) is 59.0 Å². The highest BCUT2D eigenvalue weighted by molar-refractivity contribution is 6.32. The molecule has 1 aliphatic carbocycles. The highest BCUT2D eigenvalue weighted by atomic mass is 35.5. The minimum Gasteiger partial charge on any atom is -0.493 e. The lowest BCUT2D eigenvalue weighted by Crippen LogP contribution is -2.34. The minimum atomic E-state index is -0.576. The van der Waals surface area contributed by atoms with Gasteiger partial charge < -0.3 is 19.5 Å². The number of nitrogens with one attached hydrogen (secondary N) is 1. The highest BCUT2D eigenvalue weighted by Gasteiger charge is 2.39. The number of halogens is 1. The first-order valence-corrected chi connectivity index (χ1v) is 10.6. The molecule has 1 aliphatic heterocycles. The van der Waals surface area contributed by atoms with E-state index in [-0.39, 0.29) is 18.5 Å². The SMILES string of the molecule is CCOC(=O)C1=C(C)NC2=C(C(=O)CCC2)[C@H]1c1cc(Cl)c(OC(C)C)c(OC)c1. The van der Waals surface area contributed by atoms with Crippen molar-refractivity contribution in [1.29, 1.82) is 0 Å². The highest BCUT2D eigenvalue weighted by Crippen LogP contribution is 2.46. The molecule has 1 aromatic rings. The number of carbonyl (C=O) groups excluding carboxylic acids is 2. The second-order valence-corrected chi connectivity index (χ2v) is 8.09. The molecule has 2 aliphatic rings. The smallest absolute Gasteiger partial charge is 0.336 e. The van der Waals surface area contributed by atoms with Crippen LogP contribution in [0.5, 0.6) is 11.5 Å². The van der Waals surface area contributed by atoms with Crippen LogP contribution in [-0.4, -0.2) is 31.6 Å². The van der Waals surface area contributed by atoms with Crippen LogP contribution in [0.2, 0.25) is 5.02 Å². The number of allylic oxidation sites excluding steroid dienone is 3. The molecule has 1 atom stereocenters. The maximum absolute atomic E-state index is 12.9. The molecule has 162 valence electrons. The average molecular weight is 434 g/mol. The number of methoxy groups -OCH3 is 1. The maximum atomic E-state index is 12.9. The van der Waals surface area contributed by atoms with E-state index in [1.54, 1.807) is 19.1 Å². The molecule has 1 N–H and O–H groups in total. The second-order valence-electron chi connectivity index (χ2n) is 7.69. The van der Waals surface area contributed by atoms with Crippen LogP contribution in [0.25, 0.3) is 0 Å². The summed E-state index contributed by atoms with van der Waals surface area (Å²) in [6.07, 6.45) is 1.90. The number of esters is 1. The quantitative estimate of drug-likeness (QED) is 0.657. The van der Waals surface area contributed by atoms with Gasteiger partial charge in [-0.05, 0) is 58.2 Å². The van der Waals surface area contributed by atoms with Crippen molar-refractivity contribution in [2.24, 2.45) is 0 Å². The van der Waals surface area contributed by atoms with E-state index in [4.69, 9.17) is 25.8 Å². The van der Waals surface area contributed by atoms with Gasteiger partial charge in [-0.2, -0.15) is 0 Å². The van der Waals surface area contributed by atoms with E-state index in [0.717, 1.165) is 18.5 Å². The van der Waals surface area contributed by atoms with Gasteiger partial charge in [0, 0.05) is 29.3 Å². The molecule has 0 unspecified atom stereocenters. The molecule has 30 heavy (non-hydrogen) atoms. The summed E-state index contributed by atoms with van der Waals surface area (Å²) in [6, 6.07) is 3.54. The van der Waals surface area contributed by atoms with Gasteiger partial charge in [-0.3, -0.25) is 4.79 Å². The number of benzene rings is 1. The molecule has 0 radical (unpaired) electrons. The van der Waals surface area contributed by atoms with Crippen molar-refractivity contribution < 1.29 is 23.8 Å². The Kier molecular flexibility index (Phi) is 6.76. The number of ether oxygens (including phenoxy) is 3. The summed E-state index contributed by atoms with van der Waals surface area (Å²) in [4.78, 5) is 25.8. The number of carbonyl (C=O) groups is 2. The van der Waals surface area contributed by atoms with Gasteiger partial charge in [0.25, 0.3) is 0 Å². The Morgan fingerprint density at radius 2 is 2.03 bits per heavy atom. The monoisotopic (exact) mass is 433 g/mol. The molecule has 1 aromatic carbocycles. The van der Waals surface area contributed by atoms with Crippen LogP contribution < -0.4 is 14.8 Å². The molecule has 3 rings (SSSR count). The van der Waals surface area contributed by atoms with Gasteiger partial charge in [0.2, 0.25) is 0 Å².